The second-order valence-electron chi connectivity index (χ2n) is 5.90. The summed E-state index contributed by atoms with van der Waals surface area (Å²) in [5.74, 6) is 1.44. The highest BCUT2D eigenvalue weighted by Crippen LogP contribution is 2.31. The zero-order valence-corrected chi connectivity index (χ0v) is 17.0. The van der Waals surface area contributed by atoms with Gasteiger partial charge in [0.2, 0.25) is 5.95 Å². The van der Waals surface area contributed by atoms with E-state index in [4.69, 9.17) is 9.47 Å². The van der Waals surface area contributed by atoms with E-state index in [-0.39, 0.29) is 11.5 Å². The molecular weight excluding hydrogens is 424 g/mol. The molecule has 0 spiro atoms. The molecule has 28 heavy (non-hydrogen) atoms. The van der Waals surface area contributed by atoms with Crippen LogP contribution in [0.5, 0.6) is 11.5 Å². The molecule has 144 valence electrons. The zero-order valence-electron chi connectivity index (χ0n) is 15.4. The van der Waals surface area contributed by atoms with Crippen LogP contribution in [0.3, 0.4) is 0 Å². The van der Waals surface area contributed by atoms with Gasteiger partial charge in [-0.25, -0.2) is 10.4 Å². The number of ether oxygens (including phenoxy) is 2. The predicted molar refractivity (Wildman–Crippen MR) is 112 cm³/mol. The third kappa shape index (κ3) is 5.20. The molecule has 1 aromatic heterocycles. The van der Waals surface area contributed by atoms with Gasteiger partial charge in [0.05, 0.1) is 13.3 Å². The van der Waals surface area contributed by atoms with Crippen LogP contribution in [0.2, 0.25) is 0 Å². The van der Waals surface area contributed by atoms with Crippen molar-refractivity contribution in [2.45, 2.75) is 13.5 Å². The normalized spacial score (nSPS) is 10.8. The Morgan fingerprint density at radius 2 is 2.04 bits per heavy atom. The Kier molecular flexibility index (Phi) is 6.44. The van der Waals surface area contributed by atoms with Crippen molar-refractivity contribution >= 4 is 28.1 Å². The van der Waals surface area contributed by atoms with Crippen LogP contribution in [-0.2, 0) is 6.61 Å². The van der Waals surface area contributed by atoms with Crippen molar-refractivity contribution in [3.8, 4) is 11.5 Å². The Balaban J connectivity index is 1.78. The number of rotatable bonds is 7. The Morgan fingerprint density at radius 3 is 2.75 bits per heavy atom. The van der Waals surface area contributed by atoms with Gasteiger partial charge in [0.15, 0.2) is 11.5 Å². The molecule has 0 fully saturated rings. The fourth-order valence-corrected chi connectivity index (χ4v) is 2.75. The fraction of sp³-hybridized carbons (Fsp3) is 0.150. The third-order valence-corrected chi connectivity index (χ3v) is 4.30. The van der Waals surface area contributed by atoms with Crippen molar-refractivity contribution in [3.05, 3.63) is 80.2 Å². The van der Waals surface area contributed by atoms with Gasteiger partial charge in [-0.2, -0.15) is 5.10 Å². The van der Waals surface area contributed by atoms with E-state index in [1.54, 1.807) is 20.2 Å². The molecular formula is C20H19BrN4O3. The average Bonchev–Trinajstić information content (AvgIpc) is 2.67. The van der Waals surface area contributed by atoms with Crippen LogP contribution in [0.4, 0.5) is 5.95 Å². The molecule has 0 bridgehead atoms. The Bertz CT molecular complexity index is 1030. The molecule has 0 amide bonds. The molecule has 0 unspecified atom stereocenters. The lowest BCUT2D eigenvalue weighted by molar-refractivity contribution is 0.284. The Morgan fingerprint density at radius 1 is 1.25 bits per heavy atom. The number of H-pyrrole nitrogens is 1. The fourth-order valence-electron chi connectivity index (χ4n) is 2.48. The molecule has 3 rings (SSSR count). The molecule has 1 heterocycles. The number of nitrogens with zero attached hydrogens (tertiary/aromatic N) is 2. The summed E-state index contributed by atoms with van der Waals surface area (Å²) in [6, 6.07) is 14.8. The highest BCUT2D eigenvalue weighted by Gasteiger charge is 2.10. The number of hydrogen-bond acceptors (Lipinski definition) is 6. The molecule has 2 aromatic carbocycles. The summed E-state index contributed by atoms with van der Waals surface area (Å²) in [4.78, 5) is 18.2. The molecule has 7 nitrogen and oxygen atoms in total. The van der Waals surface area contributed by atoms with Crippen LogP contribution in [-0.4, -0.2) is 23.3 Å². The molecule has 0 aliphatic rings. The quantitative estimate of drug-likeness (QED) is 0.428. The number of benzene rings is 2. The highest BCUT2D eigenvalue weighted by molar-refractivity contribution is 9.10. The number of para-hydroxylation sites is 1. The molecule has 0 saturated carbocycles. The van der Waals surface area contributed by atoms with Crippen molar-refractivity contribution in [3.63, 3.8) is 0 Å². The van der Waals surface area contributed by atoms with E-state index in [1.165, 1.54) is 6.07 Å². The van der Waals surface area contributed by atoms with Gasteiger partial charge >= 0.3 is 0 Å². The average molecular weight is 443 g/mol. The maximum Gasteiger partial charge on any atom is 0.252 e. The first-order chi connectivity index (χ1) is 13.5. The lowest BCUT2D eigenvalue weighted by Crippen LogP contribution is -2.10. The van der Waals surface area contributed by atoms with Gasteiger partial charge in [0.1, 0.15) is 6.61 Å². The van der Waals surface area contributed by atoms with Gasteiger partial charge in [-0.3, -0.25) is 9.78 Å². The summed E-state index contributed by atoms with van der Waals surface area (Å²) < 4.78 is 12.4. The van der Waals surface area contributed by atoms with Crippen molar-refractivity contribution in [2.24, 2.45) is 5.10 Å². The summed E-state index contributed by atoms with van der Waals surface area (Å²) in [5, 5.41) is 4.15. The Labute approximate surface area is 170 Å². The molecule has 0 aliphatic heterocycles. The SMILES string of the molecule is COc1cccc(/C=N/Nc2nc(C)cc(=O)[nH]2)c1OCc1ccc(Br)cc1. The summed E-state index contributed by atoms with van der Waals surface area (Å²) >= 11 is 3.42. The van der Waals surface area contributed by atoms with Gasteiger partial charge in [-0.05, 0) is 36.8 Å². The van der Waals surface area contributed by atoms with E-state index in [1.807, 2.05) is 42.5 Å². The monoisotopic (exact) mass is 442 g/mol. The van der Waals surface area contributed by atoms with E-state index in [2.05, 4.69) is 36.4 Å². The number of anilines is 1. The van der Waals surface area contributed by atoms with E-state index in [0.717, 1.165) is 15.6 Å². The maximum absolute atomic E-state index is 11.5. The van der Waals surface area contributed by atoms with E-state index >= 15 is 0 Å². The summed E-state index contributed by atoms with van der Waals surface area (Å²) in [7, 11) is 1.59. The number of nitrogens with one attached hydrogen (secondary N) is 2. The van der Waals surface area contributed by atoms with Crippen LogP contribution in [0, 0.1) is 6.92 Å². The summed E-state index contributed by atoms with van der Waals surface area (Å²) in [6.45, 7) is 2.12. The number of methoxy groups -OCH3 is 1. The number of aromatic nitrogens is 2. The minimum atomic E-state index is -0.245. The highest BCUT2D eigenvalue weighted by atomic mass is 79.9. The van der Waals surface area contributed by atoms with Crippen LogP contribution in [0.25, 0.3) is 0 Å². The van der Waals surface area contributed by atoms with E-state index < -0.39 is 0 Å². The molecule has 0 atom stereocenters. The van der Waals surface area contributed by atoms with Gasteiger partial charge < -0.3 is 9.47 Å². The van der Waals surface area contributed by atoms with Gasteiger partial charge in [0.25, 0.3) is 5.56 Å². The van der Waals surface area contributed by atoms with Crippen LogP contribution in [0.1, 0.15) is 16.8 Å². The second-order valence-corrected chi connectivity index (χ2v) is 6.81. The second kappa shape index (κ2) is 9.18. The van der Waals surface area contributed by atoms with Crippen LogP contribution < -0.4 is 20.5 Å². The largest absolute Gasteiger partial charge is 0.493 e. The van der Waals surface area contributed by atoms with Crippen molar-refractivity contribution in [1.82, 2.24) is 9.97 Å². The molecule has 0 aliphatic carbocycles. The predicted octanol–water partition coefficient (Wildman–Crippen LogP) is 3.87. The number of aromatic amines is 1. The van der Waals surface area contributed by atoms with E-state index in [0.29, 0.717) is 23.8 Å². The van der Waals surface area contributed by atoms with Gasteiger partial charge in [-0.1, -0.05) is 34.1 Å². The van der Waals surface area contributed by atoms with Crippen LogP contribution >= 0.6 is 15.9 Å². The first kappa shape index (κ1) is 19.6. The van der Waals surface area contributed by atoms with Gasteiger partial charge in [0, 0.05) is 21.8 Å². The molecule has 3 aromatic rings. The minimum Gasteiger partial charge on any atom is -0.493 e. The standard InChI is InChI=1S/C20H19BrN4O3/c1-13-10-18(26)24-20(23-13)25-22-11-15-4-3-5-17(27-2)19(15)28-12-14-6-8-16(21)9-7-14/h3-11H,12H2,1-2H3,(H2,23,24,25,26)/b22-11+. The first-order valence-corrected chi connectivity index (χ1v) is 9.26. The molecule has 8 heteroatoms. The number of halogens is 1. The number of hydrogen-bond donors (Lipinski definition) is 2. The van der Waals surface area contributed by atoms with Crippen LogP contribution in [0.15, 0.2) is 62.9 Å². The number of aryl methyl sites for hydroxylation is 1. The van der Waals surface area contributed by atoms with Crippen molar-refractivity contribution in [2.75, 3.05) is 12.5 Å². The van der Waals surface area contributed by atoms with Crippen molar-refractivity contribution in [1.29, 1.82) is 0 Å². The van der Waals surface area contributed by atoms with Gasteiger partial charge in [-0.15, -0.1) is 0 Å². The lowest BCUT2D eigenvalue weighted by Gasteiger charge is -2.13. The summed E-state index contributed by atoms with van der Waals surface area (Å²) in [6.07, 6.45) is 1.59. The zero-order chi connectivity index (χ0) is 19.9. The lowest BCUT2D eigenvalue weighted by atomic mass is 10.2. The number of hydrazone groups is 1. The maximum atomic E-state index is 11.5. The topological polar surface area (TPSA) is 88.6 Å². The van der Waals surface area contributed by atoms with E-state index in [9.17, 15) is 4.79 Å². The Hall–Kier alpha value is -3.13. The minimum absolute atomic E-state index is 0.245. The molecule has 0 radical (unpaired) electrons. The smallest absolute Gasteiger partial charge is 0.252 e. The third-order valence-electron chi connectivity index (χ3n) is 3.77. The summed E-state index contributed by atoms with van der Waals surface area (Å²) in [5.41, 5.74) is 4.82. The van der Waals surface area contributed by atoms with Crippen molar-refractivity contribution < 1.29 is 9.47 Å². The molecule has 0 saturated heterocycles. The molecule has 2 N–H and O–H groups in total. The first-order valence-electron chi connectivity index (χ1n) is 8.46.